The van der Waals surface area contributed by atoms with Crippen LogP contribution < -0.4 is 10.6 Å². The molecule has 0 aromatic carbocycles. The molecule has 1 aliphatic rings. The zero-order chi connectivity index (χ0) is 16.6. The molecule has 2 amide bonds. The molecule has 2 aromatic rings. The number of urea groups is 1. The number of thiazole rings is 1. The van der Waals surface area contributed by atoms with E-state index in [1.807, 2.05) is 25.6 Å². The third-order valence-electron chi connectivity index (χ3n) is 4.33. The molecule has 3 rings (SSSR count). The van der Waals surface area contributed by atoms with Gasteiger partial charge in [0.05, 0.1) is 16.9 Å². The second kappa shape index (κ2) is 6.31. The van der Waals surface area contributed by atoms with Gasteiger partial charge in [0.2, 0.25) is 0 Å². The SMILES string of the molecule is Cc1nn(C)c(C)c1CC(C)NC(=O)Nc1scnc1C1CC1. The van der Waals surface area contributed by atoms with Gasteiger partial charge in [0, 0.05) is 24.7 Å². The molecular formula is C16H23N5OS. The minimum absolute atomic E-state index is 0.0360. The van der Waals surface area contributed by atoms with Crippen LogP contribution in [0.2, 0.25) is 0 Å². The van der Waals surface area contributed by atoms with Crippen molar-refractivity contribution in [2.24, 2.45) is 7.05 Å². The van der Waals surface area contributed by atoms with Crippen molar-refractivity contribution < 1.29 is 4.79 Å². The summed E-state index contributed by atoms with van der Waals surface area (Å²) in [6, 6.07) is -0.128. The van der Waals surface area contributed by atoms with Gasteiger partial charge in [-0.3, -0.25) is 10.00 Å². The minimum atomic E-state index is -0.164. The van der Waals surface area contributed by atoms with E-state index in [0.29, 0.717) is 5.92 Å². The van der Waals surface area contributed by atoms with Crippen LogP contribution in [0.5, 0.6) is 0 Å². The van der Waals surface area contributed by atoms with Gasteiger partial charge in [-0.25, -0.2) is 9.78 Å². The summed E-state index contributed by atoms with van der Waals surface area (Å²) in [5.41, 5.74) is 6.22. The van der Waals surface area contributed by atoms with Crippen LogP contribution in [0.4, 0.5) is 9.80 Å². The average molecular weight is 333 g/mol. The first-order valence-electron chi connectivity index (χ1n) is 7.95. The van der Waals surface area contributed by atoms with E-state index >= 15 is 0 Å². The van der Waals surface area contributed by atoms with Crippen molar-refractivity contribution in [3.05, 3.63) is 28.2 Å². The molecule has 1 aliphatic carbocycles. The highest BCUT2D eigenvalue weighted by Crippen LogP contribution is 2.43. The molecule has 0 radical (unpaired) electrons. The average Bonchev–Trinajstić information content (AvgIpc) is 3.18. The second-order valence-corrected chi connectivity index (χ2v) is 7.17. The lowest BCUT2D eigenvalue weighted by molar-refractivity contribution is 0.249. The molecule has 0 bridgehead atoms. The predicted octanol–water partition coefficient (Wildman–Crippen LogP) is 3.12. The Morgan fingerprint density at radius 1 is 1.48 bits per heavy atom. The van der Waals surface area contributed by atoms with E-state index in [4.69, 9.17) is 0 Å². The Labute approximate surface area is 140 Å². The maximum absolute atomic E-state index is 12.2. The van der Waals surface area contributed by atoms with Crippen molar-refractivity contribution >= 4 is 22.4 Å². The third kappa shape index (κ3) is 3.55. The van der Waals surface area contributed by atoms with Gasteiger partial charge in [0.15, 0.2) is 0 Å². The van der Waals surface area contributed by atoms with Crippen molar-refractivity contribution in [1.29, 1.82) is 0 Å². The second-order valence-electron chi connectivity index (χ2n) is 6.32. The molecule has 0 aliphatic heterocycles. The zero-order valence-corrected chi connectivity index (χ0v) is 14.8. The lowest BCUT2D eigenvalue weighted by atomic mass is 10.1. The number of aromatic nitrogens is 3. The molecule has 2 N–H and O–H groups in total. The Morgan fingerprint density at radius 2 is 2.22 bits per heavy atom. The molecular weight excluding hydrogens is 310 g/mol. The summed E-state index contributed by atoms with van der Waals surface area (Å²) in [5, 5.41) is 11.3. The topological polar surface area (TPSA) is 71.8 Å². The van der Waals surface area contributed by atoms with Crippen LogP contribution in [-0.2, 0) is 13.5 Å². The van der Waals surface area contributed by atoms with Crippen molar-refractivity contribution in [1.82, 2.24) is 20.1 Å². The van der Waals surface area contributed by atoms with Gasteiger partial charge in [-0.2, -0.15) is 5.10 Å². The summed E-state index contributed by atoms with van der Waals surface area (Å²) in [4.78, 5) is 16.6. The smallest absolute Gasteiger partial charge is 0.320 e. The maximum atomic E-state index is 12.2. The zero-order valence-electron chi connectivity index (χ0n) is 14.0. The third-order valence-corrected chi connectivity index (χ3v) is 5.09. The van der Waals surface area contributed by atoms with Gasteiger partial charge in [-0.1, -0.05) is 0 Å². The molecule has 23 heavy (non-hydrogen) atoms. The Bertz CT molecular complexity index is 716. The van der Waals surface area contributed by atoms with E-state index in [-0.39, 0.29) is 12.1 Å². The Kier molecular flexibility index (Phi) is 4.39. The summed E-state index contributed by atoms with van der Waals surface area (Å²) < 4.78 is 1.89. The standard InChI is InChI=1S/C16H23N5OS/c1-9(7-13-10(2)20-21(4)11(13)3)18-16(22)19-15-14(12-5-6-12)17-8-23-15/h8-9,12H,5-7H2,1-4H3,(H2,18,19,22). The fraction of sp³-hybridized carbons (Fsp3) is 0.562. The predicted molar refractivity (Wildman–Crippen MR) is 92.1 cm³/mol. The van der Waals surface area contributed by atoms with Gasteiger partial charge in [-0.15, -0.1) is 11.3 Å². The summed E-state index contributed by atoms with van der Waals surface area (Å²) >= 11 is 1.49. The fourth-order valence-corrected chi connectivity index (χ4v) is 3.59. The number of nitrogens with one attached hydrogen (secondary N) is 2. The van der Waals surface area contributed by atoms with Gasteiger partial charge >= 0.3 is 6.03 Å². The van der Waals surface area contributed by atoms with Crippen LogP contribution in [0.3, 0.4) is 0 Å². The molecule has 1 atom stereocenters. The van der Waals surface area contributed by atoms with Crippen LogP contribution in [0.15, 0.2) is 5.51 Å². The van der Waals surface area contributed by atoms with Crippen molar-refractivity contribution in [2.45, 2.75) is 52.0 Å². The molecule has 1 fully saturated rings. The summed E-state index contributed by atoms with van der Waals surface area (Å²) in [6.45, 7) is 6.08. The van der Waals surface area contributed by atoms with Crippen LogP contribution in [0.1, 0.15) is 48.3 Å². The van der Waals surface area contributed by atoms with Gasteiger partial charge in [-0.05, 0) is 45.6 Å². The number of nitrogens with zero attached hydrogens (tertiary/aromatic N) is 3. The number of hydrogen-bond acceptors (Lipinski definition) is 4. The van der Waals surface area contributed by atoms with Gasteiger partial charge in [0.25, 0.3) is 0 Å². The highest BCUT2D eigenvalue weighted by Gasteiger charge is 2.29. The molecule has 6 nitrogen and oxygen atoms in total. The number of aryl methyl sites for hydroxylation is 2. The van der Waals surface area contributed by atoms with Gasteiger partial charge in [0.1, 0.15) is 5.00 Å². The minimum Gasteiger partial charge on any atom is -0.335 e. The maximum Gasteiger partial charge on any atom is 0.320 e. The van der Waals surface area contributed by atoms with Crippen molar-refractivity contribution in [3.8, 4) is 0 Å². The Balaban J connectivity index is 1.58. The Hall–Kier alpha value is -1.89. The summed E-state index contributed by atoms with van der Waals surface area (Å²) in [6.07, 6.45) is 3.13. The van der Waals surface area contributed by atoms with E-state index in [2.05, 4.69) is 27.6 Å². The van der Waals surface area contributed by atoms with E-state index in [1.165, 1.54) is 29.7 Å². The number of carbonyl (C=O) groups is 1. The molecule has 1 unspecified atom stereocenters. The molecule has 7 heteroatoms. The number of anilines is 1. The van der Waals surface area contributed by atoms with Crippen molar-refractivity contribution in [3.63, 3.8) is 0 Å². The normalized spacial score (nSPS) is 15.5. The highest BCUT2D eigenvalue weighted by atomic mass is 32.1. The van der Waals surface area contributed by atoms with E-state index < -0.39 is 0 Å². The summed E-state index contributed by atoms with van der Waals surface area (Å²) in [5.74, 6) is 0.537. The summed E-state index contributed by atoms with van der Waals surface area (Å²) in [7, 11) is 1.94. The first-order valence-corrected chi connectivity index (χ1v) is 8.83. The van der Waals surface area contributed by atoms with Crippen molar-refractivity contribution in [2.75, 3.05) is 5.32 Å². The number of rotatable bonds is 5. The van der Waals surface area contributed by atoms with Gasteiger partial charge < -0.3 is 5.32 Å². The number of carbonyl (C=O) groups excluding carboxylic acids is 1. The quantitative estimate of drug-likeness (QED) is 0.883. The molecule has 2 heterocycles. The first-order chi connectivity index (χ1) is 11.0. The first kappa shape index (κ1) is 16.0. The van der Waals surface area contributed by atoms with E-state index in [9.17, 15) is 4.79 Å². The lowest BCUT2D eigenvalue weighted by Crippen LogP contribution is -2.37. The Morgan fingerprint density at radius 3 is 2.83 bits per heavy atom. The molecule has 0 saturated heterocycles. The molecule has 2 aromatic heterocycles. The lowest BCUT2D eigenvalue weighted by Gasteiger charge is -2.15. The molecule has 124 valence electrons. The highest BCUT2D eigenvalue weighted by molar-refractivity contribution is 7.14. The van der Waals surface area contributed by atoms with Crippen LogP contribution in [0, 0.1) is 13.8 Å². The number of amides is 2. The van der Waals surface area contributed by atoms with Crippen LogP contribution in [0.25, 0.3) is 0 Å². The molecule has 0 spiro atoms. The van der Waals surface area contributed by atoms with Crippen LogP contribution in [-0.4, -0.2) is 26.8 Å². The number of hydrogen-bond donors (Lipinski definition) is 2. The van der Waals surface area contributed by atoms with Crippen LogP contribution >= 0.6 is 11.3 Å². The largest absolute Gasteiger partial charge is 0.335 e. The fourth-order valence-electron chi connectivity index (χ4n) is 2.83. The molecule has 1 saturated carbocycles. The van der Waals surface area contributed by atoms with E-state index in [1.54, 1.807) is 5.51 Å². The van der Waals surface area contributed by atoms with E-state index in [0.717, 1.165) is 28.5 Å². The monoisotopic (exact) mass is 333 g/mol.